The lowest BCUT2D eigenvalue weighted by molar-refractivity contribution is 0.465. The Balaban J connectivity index is 1.82. The molecule has 0 radical (unpaired) electrons. The third-order valence-corrected chi connectivity index (χ3v) is 6.02. The van der Waals surface area contributed by atoms with Crippen LogP contribution >= 0.6 is 22.7 Å². The van der Waals surface area contributed by atoms with Crippen molar-refractivity contribution in [3.05, 3.63) is 67.8 Å². The van der Waals surface area contributed by atoms with Gasteiger partial charge in [-0.2, -0.15) is 0 Å². The van der Waals surface area contributed by atoms with E-state index in [4.69, 9.17) is 0 Å². The van der Waals surface area contributed by atoms with Gasteiger partial charge in [-0.25, -0.2) is 0 Å². The maximum atomic E-state index is 4.29. The summed E-state index contributed by atoms with van der Waals surface area (Å²) in [6.45, 7) is 6.35. The molecular weight excluding hydrogens is 322 g/mol. The van der Waals surface area contributed by atoms with Gasteiger partial charge in [0.2, 0.25) is 0 Å². The Morgan fingerprint density at radius 3 is 2.48 bits per heavy atom. The average Bonchev–Trinajstić information content (AvgIpc) is 3.16. The number of rotatable bonds is 6. The molecule has 0 saturated carbocycles. The monoisotopic (exact) mass is 343 g/mol. The highest BCUT2D eigenvalue weighted by Gasteiger charge is 2.20. The van der Waals surface area contributed by atoms with E-state index in [9.17, 15) is 0 Å². The third-order valence-electron chi connectivity index (χ3n) is 3.86. The number of thiophene rings is 1. The second-order valence-electron chi connectivity index (χ2n) is 5.76. The summed E-state index contributed by atoms with van der Waals surface area (Å²) in [7, 11) is 0. The fourth-order valence-electron chi connectivity index (χ4n) is 2.68. The van der Waals surface area contributed by atoms with Gasteiger partial charge in [-0.05, 0) is 49.8 Å². The molecular formula is C18H21N3S2. The number of aromatic nitrogens is 2. The van der Waals surface area contributed by atoms with Crippen molar-refractivity contribution in [2.75, 3.05) is 0 Å². The van der Waals surface area contributed by atoms with Crippen LogP contribution in [0.3, 0.4) is 0 Å². The number of nitrogens with one attached hydrogen (secondary N) is 1. The van der Waals surface area contributed by atoms with Crippen LogP contribution in [0.2, 0.25) is 0 Å². The third kappa shape index (κ3) is 4.05. The van der Waals surface area contributed by atoms with E-state index in [-0.39, 0.29) is 12.1 Å². The maximum absolute atomic E-state index is 4.29. The Bertz CT molecular complexity index is 748. The highest BCUT2D eigenvalue weighted by Crippen LogP contribution is 2.30. The largest absolute Gasteiger partial charge is 0.300 e. The van der Waals surface area contributed by atoms with Crippen molar-refractivity contribution in [2.24, 2.45) is 0 Å². The topological polar surface area (TPSA) is 37.8 Å². The number of benzene rings is 1. The molecule has 0 spiro atoms. The van der Waals surface area contributed by atoms with E-state index < -0.39 is 0 Å². The van der Waals surface area contributed by atoms with Crippen molar-refractivity contribution in [3.63, 3.8) is 0 Å². The van der Waals surface area contributed by atoms with Crippen LogP contribution in [0.1, 0.15) is 45.0 Å². The van der Waals surface area contributed by atoms with Gasteiger partial charge in [0.25, 0.3) is 0 Å². The van der Waals surface area contributed by atoms with Crippen LogP contribution in [0.5, 0.6) is 0 Å². The molecule has 2 heterocycles. The Hall–Kier alpha value is -1.56. The number of nitrogens with zero attached hydrogens (tertiary/aromatic N) is 2. The Kier molecular flexibility index (Phi) is 5.20. The standard InChI is InChI=1S/C18H21N3S2/c1-12-9-10-22-17(12)16(11-15-7-5-4-6-8-15)19-13(2)18-21-20-14(3)23-18/h4-10,13,16,19H,11H2,1-3H3/t13-,16+/m1/s1. The molecule has 0 amide bonds. The first-order chi connectivity index (χ1) is 11.1. The quantitative estimate of drug-likeness (QED) is 0.695. The van der Waals surface area contributed by atoms with Crippen molar-refractivity contribution < 1.29 is 0 Å². The zero-order valence-electron chi connectivity index (χ0n) is 13.6. The minimum atomic E-state index is 0.191. The van der Waals surface area contributed by atoms with Crippen LogP contribution in [-0.4, -0.2) is 10.2 Å². The summed E-state index contributed by atoms with van der Waals surface area (Å²) in [6, 6.07) is 13.3. The zero-order valence-corrected chi connectivity index (χ0v) is 15.2. The first-order valence-corrected chi connectivity index (χ1v) is 9.47. The average molecular weight is 344 g/mol. The van der Waals surface area contributed by atoms with Gasteiger partial charge in [-0.15, -0.1) is 32.9 Å². The highest BCUT2D eigenvalue weighted by molar-refractivity contribution is 7.11. The molecule has 0 aliphatic carbocycles. The number of aryl methyl sites for hydroxylation is 2. The minimum absolute atomic E-state index is 0.191. The molecule has 3 nitrogen and oxygen atoms in total. The smallest absolute Gasteiger partial charge is 0.134 e. The van der Waals surface area contributed by atoms with Crippen LogP contribution in [0.4, 0.5) is 0 Å². The zero-order chi connectivity index (χ0) is 16.2. The lowest BCUT2D eigenvalue weighted by Crippen LogP contribution is -2.26. The van der Waals surface area contributed by atoms with Crippen LogP contribution in [0.25, 0.3) is 0 Å². The summed E-state index contributed by atoms with van der Waals surface area (Å²) >= 11 is 3.49. The summed E-state index contributed by atoms with van der Waals surface area (Å²) in [5, 5.41) is 16.4. The van der Waals surface area contributed by atoms with Crippen molar-refractivity contribution in [1.82, 2.24) is 15.5 Å². The molecule has 1 N–H and O–H groups in total. The van der Waals surface area contributed by atoms with Crippen molar-refractivity contribution in [2.45, 2.75) is 39.3 Å². The summed E-state index contributed by atoms with van der Waals surface area (Å²) in [5.74, 6) is 0. The van der Waals surface area contributed by atoms with Gasteiger partial charge in [-0.1, -0.05) is 30.3 Å². The molecule has 23 heavy (non-hydrogen) atoms. The summed E-state index contributed by atoms with van der Waals surface area (Å²) < 4.78 is 0. The maximum Gasteiger partial charge on any atom is 0.134 e. The molecule has 120 valence electrons. The van der Waals surface area contributed by atoms with Crippen molar-refractivity contribution in [1.29, 1.82) is 0 Å². The van der Waals surface area contributed by atoms with E-state index in [0.29, 0.717) is 0 Å². The fourth-order valence-corrected chi connectivity index (χ4v) is 4.38. The van der Waals surface area contributed by atoms with Crippen molar-refractivity contribution in [3.8, 4) is 0 Å². The molecule has 2 aromatic heterocycles. The Morgan fingerprint density at radius 1 is 1.09 bits per heavy atom. The summed E-state index contributed by atoms with van der Waals surface area (Å²) in [6.07, 6.45) is 0.977. The van der Waals surface area contributed by atoms with E-state index in [1.807, 2.05) is 18.3 Å². The number of hydrogen-bond donors (Lipinski definition) is 1. The van der Waals surface area contributed by atoms with E-state index in [2.05, 4.69) is 71.1 Å². The molecule has 0 bridgehead atoms. The van der Waals surface area contributed by atoms with Crippen molar-refractivity contribution >= 4 is 22.7 Å². The second-order valence-corrected chi connectivity index (χ2v) is 7.92. The highest BCUT2D eigenvalue weighted by atomic mass is 32.1. The van der Waals surface area contributed by atoms with Crippen LogP contribution < -0.4 is 5.32 Å². The van der Waals surface area contributed by atoms with Crippen LogP contribution in [0, 0.1) is 13.8 Å². The van der Waals surface area contributed by atoms with Gasteiger partial charge in [0.1, 0.15) is 10.0 Å². The Morgan fingerprint density at radius 2 is 1.87 bits per heavy atom. The fraction of sp³-hybridized carbons (Fsp3) is 0.333. The number of hydrogen-bond acceptors (Lipinski definition) is 5. The Labute approximate surface area is 145 Å². The molecule has 0 aliphatic heterocycles. The second kappa shape index (κ2) is 7.34. The van der Waals surface area contributed by atoms with Gasteiger partial charge >= 0.3 is 0 Å². The van der Waals surface area contributed by atoms with Gasteiger partial charge in [0.05, 0.1) is 6.04 Å². The van der Waals surface area contributed by atoms with E-state index in [1.165, 1.54) is 16.0 Å². The van der Waals surface area contributed by atoms with Gasteiger partial charge in [0.15, 0.2) is 0 Å². The molecule has 0 fully saturated rings. The van der Waals surface area contributed by atoms with Gasteiger partial charge in [0, 0.05) is 10.9 Å². The lowest BCUT2D eigenvalue weighted by Gasteiger charge is -2.22. The van der Waals surface area contributed by atoms with E-state index in [0.717, 1.165) is 16.4 Å². The molecule has 2 atom stereocenters. The van der Waals surface area contributed by atoms with Crippen LogP contribution in [0.15, 0.2) is 41.8 Å². The normalized spacial score (nSPS) is 13.9. The molecule has 3 aromatic rings. The molecule has 0 aliphatic rings. The van der Waals surface area contributed by atoms with Gasteiger partial charge < -0.3 is 5.32 Å². The predicted molar refractivity (Wildman–Crippen MR) is 98.1 cm³/mol. The summed E-state index contributed by atoms with van der Waals surface area (Å²) in [5.41, 5.74) is 2.70. The lowest BCUT2D eigenvalue weighted by atomic mass is 10.0. The molecule has 1 aromatic carbocycles. The van der Waals surface area contributed by atoms with E-state index in [1.54, 1.807) is 11.3 Å². The molecule has 5 heteroatoms. The van der Waals surface area contributed by atoms with E-state index >= 15 is 0 Å². The first-order valence-electron chi connectivity index (χ1n) is 7.77. The molecule has 0 unspecified atom stereocenters. The molecule has 3 rings (SSSR count). The predicted octanol–water partition coefficient (Wildman–Crippen LogP) is 4.85. The summed E-state index contributed by atoms with van der Waals surface area (Å²) in [4.78, 5) is 1.40. The first kappa shape index (κ1) is 16.3. The SMILES string of the molecule is Cc1nnc([C@@H](C)N[C@@H](Cc2ccccc2)c2sccc2C)s1. The molecule has 0 saturated heterocycles. The minimum Gasteiger partial charge on any atom is -0.300 e. The van der Waals surface area contributed by atoms with Crippen LogP contribution in [-0.2, 0) is 6.42 Å². The van der Waals surface area contributed by atoms with Gasteiger partial charge in [-0.3, -0.25) is 0 Å².